The van der Waals surface area contributed by atoms with Gasteiger partial charge in [0.05, 0.1) is 32.3 Å². The summed E-state index contributed by atoms with van der Waals surface area (Å²) in [5.74, 6) is 0. The van der Waals surface area contributed by atoms with Crippen LogP contribution in [0.1, 0.15) is 22.3 Å². The van der Waals surface area contributed by atoms with E-state index in [1.807, 2.05) is 0 Å². The molecule has 0 fully saturated rings. The number of benzene rings is 4. The van der Waals surface area contributed by atoms with Crippen LogP contribution in [0, 0.1) is 20.2 Å². The molecule has 226 valence electrons. The zero-order valence-electron chi connectivity index (χ0n) is 21.7. The molecule has 0 heterocycles. The van der Waals surface area contributed by atoms with Crippen molar-refractivity contribution in [2.75, 3.05) is 0 Å². The fourth-order valence-electron chi connectivity index (χ4n) is 3.48. The number of halogens is 6. The molecule has 0 unspecified atom stereocenters. The van der Waals surface area contributed by atoms with Crippen LogP contribution in [-0.4, -0.2) is 19.9 Å². The zero-order valence-corrected chi connectivity index (χ0v) is 23.4. The number of nitro groups is 2. The number of nitro benzene ring substituents is 2. The Morgan fingerprint density at radius 3 is 1.07 bits per heavy atom. The first-order valence-electron chi connectivity index (χ1n) is 12.1. The molecule has 8 nitrogen and oxygen atoms in total. The minimum atomic E-state index is -4.59. The van der Waals surface area contributed by atoms with E-state index in [1.54, 1.807) is 0 Å². The molecule has 0 saturated heterocycles. The molecular formula is C28H16F6N4O4S2. The number of hydrogen-bond acceptors (Lipinski definition) is 8. The summed E-state index contributed by atoms with van der Waals surface area (Å²) >= 11 is 0. The third kappa shape index (κ3) is 8.44. The van der Waals surface area contributed by atoms with Crippen molar-refractivity contribution >= 4 is 54.4 Å². The average Bonchev–Trinajstić information content (AvgIpc) is 2.98. The fourth-order valence-corrected chi connectivity index (χ4v) is 5.66. The summed E-state index contributed by atoms with van der Waals surface area (Å²) in [5, 5.41) is 22.3. The number of hydrogen-bond donors (Lipinski definition) is 0. The van der Waals surface area contributed by atoms with Crippen LogP contribution >= 0.6 is 21.6 Å². The van der Waals surface area contributed by atoms with Crippen molar-refractivity contribution in [2.45, 2.75) is 12.4 Å². The van der Waals surface area contributed by atoms with Crippen LogP contribution in [0.15, 0.2) is 107 Å². The highest BCUT2D eigenvalue weighted by Gasteiger charge is 2.31. The lowest BCUT2D eigenvalue weighted by Gasteiger charge is -2.12. The van der Waals surface area contributed by atoms with Gasteiger partial charge in [0.25, 0.3) is 11.4 Å². The Kier molecular flexibility index (Phi) is 9.74. The molecule has 0 aliphatic carbocycles. The Labute approximate surface area is 252 Å². The summed E-state index contributed by atoms with van der Waals surface area (Å²) in [6.45, 7) is 0. The standard InChI is InChI=1S/C28H16F6N4O4S2/c29-27(30,31)19-5-1-17(2-6-19)25(35-21-9-13-23(14-10-21)37(39)40)43-44-26(18-3-7-20(8-4-18)28(32,33)34)36-22-11-15-24(16-12-22)38(41)42/h1-16H. The lowest BCUT2D eigenvalue weighted by atomic mass is 10.1. The number of rotatable bonds is 6. The maximum atomic E-state index is 13.2. The summed E-state index contributed by atoms with van der Waals surface area (Å²) in [6, 6.07) is 18.3. The van der Waals surface area contributed by atoms with Crippen molar-refractivity contribution in [1.29, 1.82) is 0 Å². The van der Waals surface area contributed by atoms with E-state index in [4.69, 9.17) is 0 Å². The molecule has 0 aliphatic rings. The van der Waals surface area contributed by atoms with Crippen molar-refractivity contribution in [1.82, 2.24) is 0 Å². The van der Waals surface area contributed by atoms with Crippen molar-refractivity contribution in [3.63, 3.8) is 0 Å². The second kappa shape index (κ2) is 13.3. The molecular weight excluding hydrogens is 634 g/mol. The highest BCUT2D eigenvalue weighted by molar-refractivity contribution is 8.87. The summed E-state index contributed by atoms with van der Waals surface area (Å²) in [7, 11) is 1.85. The number of alkyl halides is 6. The first-order valence-corrected chi connectivity index (χ1v) is 14.2. The lowest BCUT2D eigenvalue weighted by Crippen LogP contribution is -2.06. The van der Waals surface area contributed by atoms with Crippen LogP contribution in [-0.2, 0) is 12.4 Å². The Morgan fingerprint density at radius 1 is 0.523 bits per heavy atom. The molecule has 0 radical (unpaired) electrons. The topological polar surface area (TPSA) is 111 Å². The normalized spacial score (nSPS) is 12.7. The summed E-state index contributed by atoms with van der Waals surface area (Å²) in [5.41, 5.74) is -1.25. The second-order valence-corrected chi connectivity index (χ2v) is 10.8. The van der Waals surface area contributed by atoms with E-state index in [0.29, 0.717) is 0 Å². The highest BCUT2D eigenvalue weighted by Crippen LogP contribution is 2.37. The molecule has 16 heteroatoms. The highest BCUT2D eigenvalue weighted by atomic mass is 33.1. The minimum Gasteiger partial charge on any atom is -0.258 e. The molecule has 0 N–H and O–H groups in total. The van der Waals surface area contributed by atoms with Crippen LogP contribution < -0.4 is 0 Å². The molecule has 4 aromatic carbocycles. The van der Waals surface area contributed by atoms with Crippen LogP contribution in [0.3, 0.4) is 0 Å². The van der Waals surface area contributed by atoms with Crippen LogP contribution in [0.5, 0.6) is 0 Å². The molecule has 44 heavy (non-hydrogen) atoms. The molecule has 0 saturated carbocycles. The molecule has 0 atom stereocenters. The molecule has 0 aromatic heterocycles. The van der Waals surface area contributed by atoms with Gasteiger partial charge >= 0.3 is 12.4 Å². The number of non-ortho nitro benzene ring substituents is 2. The summed E-state index contributed by atoms with van der Waals surface area (Å²) in [4.78, 5) is 29.7. The Morgan fingerprint density at radius 2 is 0.818 bits per heavy atom. The van der Waals surface area contributed by atoms with Gasteiger partial charge in [0.1, 0.15) is 10.1 Å². The molecule has 4 aromatic rings. The van der Waals surface area contributed by atoms with Gasteiger partial charge in [0.2, 0.25) is 0 Å². The summed E-state index contributed by atoms with van der Waals surface area (Å²) in [6.07, 6.45) is -9.19. The van der Waals surface area contributed by atoms with Crippen molar-refractivity contribution < 1.29 is 36.2 Å². The van der Waals surface area contributed by atoms with E-state index in [0.717, 1.165) is 45.9 Å². The van der Waals surface area contributed by atoms with Gasteiger partial charge in [-0.05, 0) is 70.1 Å². The number of aliphatic imine (C=N–C) groups is 2. The second-order valence-electron chi connectivity index (χ2n) is 8.70. The molecule has 0 amide bonds. The number of nitrogens with zero attached hydrogens (tertiary/aromatic N) is 4. The van der Waals surface area contributed by atoms with Crippen molar-refractivity contribution in [3.8, 4) is 0 Å². The third-order valence-electron chi connectivity index (χ3n) is 5.70. The van der Waals surface area contributed by atoms with Gasteiger partial charge < -0.3 is 0 Å². The Hall–Kier alpha value is -4.70. The minimum absolute atomic E-state index is 0.154. The van der Waals surface area contributed by atoms with Crippen LogP contribution in [0.25, 0.3) is 0 Å². The van der Waals surface area contributed by atoms with E-state index < -0.39 is 33.3 Å². The first-order chi connectivity index (χ1) is 20.7. The average molecular weight is 651 g/mol. The van der Waals surface area contributed by atoms with E-state index >= 15 is 0 Å². The smallest absolute Gasteiger partial charge is 0.258 e. The maximum Gasteiger partial charge on any atom is 0.416 e. The van der Waals surface area contributed by atoms with Gasteiger partial charge in [-0.3, -0.25) is 20.2 Å². The van der Waals surface area contributed by atoms with Gasteiger partial charge in [-0.25, -0.2) is 9.98 Å². The predicted molar refractivity (Wildman–Crippen MR) is 157 cm³/mol. The predicted octanol–water partition coefficient (Wildman–Crippen LogP) is 9.78. The largest absolute Gasteiger partial charge is 0.416 e. The Balaban J connectivity index is 1.74. The van der Waals surface area contributed by atoms with Gasteiger partial charge in [-0.15, -0.1) is 0 Å². The fraction of sp³-hybridized carbons (Fsp3) is 0.0714. The van der Waals surface area contributed by atoms with Gasteiger partial charge in [0.15, 0.2) is 0 Å². The quantitative estimate of drug-likeness (QED) is 0.0513. The molecule has 4 rings (SSSR count). The van der Waals surface area contributed by atoms with Crippen molar-refractivity contribution in [2.24, 2.45) is 9.98 Å². The zero-order chi connectivity index (χ0) is 32.1. The Bertz CT molecular complexity index is 1580. The van der Waals surface area contributed by atoms with E-state index in [-0.39, 0.29) is 44.0 Å². The van der Waals surface area contributed by atoms with E-state index in [9.17, 15) is 46.6 Å². The molecule has 0 aliphatic heterocycles. The van der Waals surface area contributed by atoms with Crippen molar-refractivity contribution in [3.05, 3.63) is 140 Å². The lowest BCUT2D eigenvalue weighted by molar-refractivity contribution is -0.385. The maximum absolute atomic E-state index is 13.2. The monoisotopic (exact) mass is 650 g/mol. The third-order valence-corrected chi connectivity index (χ3v) is 7.95. The van der Waals surface area contributed by atoms with Crippen LogP contribution in [0.4, 0.5) is 49.1 Å². The molecule has 0 bridgehead atoms. The van der Waals surface area contributed by atoms with Crippen LogP contribution in [0.2, 0.25) is 0 Å². The van der Waals surface area contributed by atoms with E-state index in [2.05, 4.69) is 9.98 Å². The van der Waals surface area contributed by atoms with E-state index in [1.165, 1.54) is 72.8 Å². The van der Waals surface area contributed by atoms with Gasteiger partial charge in [-0.1, -0.05) is 24.3 Å². The van der Waals surface area contributed by atoms with Gasteiger partial charge in [0, 0.05) is 35.4 Å². The molecule has 0 spiro atoms. The SMILES string of the molecule is O=[N+]([O-])c1ccc(N=C(SSC(=Nc2ccc([N+](=O)[O-])cc2)c2ccc(C(F)(F)F)cc2)c2ccc(C(F)(F)F)cc2)cc1. The first kappa shape index (κ1) is 32.2. The van der Waals surface area contributed by atoms with Gasteiger partial charge in [-0.2, -0.15) is 26.3 Å². The summed E-state index contributed by atoms with van der Waals surface area (Å²) < 4.78 is 79.0.